The molecule has 1 aliphatic carbocycles. The van der Waals surface area contributed by atoms with E-state index in [4.69, 9.17) is 14.5 Å². The number of halogens is 1. The lowest BCUT2D eigenvalue weighted by Gasteiger charge is -2.43. The van der Waals surface area contributed by atoms with E-state index in [2.05, 4.69) is 47.1 Å². The molecule has 3 nitrogen and oxygen atoms in total. The zero-order chi connectivity index (χ0) is 19.3. The van der Waals surface area contributed by atoms with E-state index < -0.39 is 5.79 Å². The summed E-state index contributed by atoms with van der Waals surface area (Å²) >= 11 is 3.55. The summed E-state index contributed by atoms with van der Waals surface area (Å²) in [5.41, 5.74) is 2.61. The molecule has 0 unspecified atom stereocenters. The second-order valence-electron chi connectivity index (χ2n) is 8.71. The molecule has 0 amide bonds. The van der Waals surface area contributed by atoms with Gasteiger partial charge in [-0.15, -0.1) is 0 Å². The van der Waals surface area contributed by atoms with Crippen LogP contribution in [0.5, 0.6) is 0 Å². The van der Waals surface area contributed by atoms with Crippen molar-refractivity contribution in [2.75, 3.05) is 13.2 Å². The van der Waals surface area contributed by atoms with Crippen molar-refractivity contribution in [1.82, 2.24) is 0 Å². The van der Waals surface area contributed by atoms with Gasteiger partial charge in [-0.05, 0) is 63.6 Å². The third-order valence-electron chi connectivity index (χ3n) is 6.18. The number of nitrogens with zero attached hydrogens (tertiary/aromatic N) is 1. The SMILES string of the molecule is CCC1(CC/C(=N/C2CCCCC2)c2ccc(Br)cc2)COC(C)(C)OC1. The Bertz CT molecular complexity index is 622. The van der Waals surface area contributed by atoms with Gasteiger partial charge < -0.3 is 9.47 Å². The van der Waals surface area contributed by atoms with Crippen molar-refractivity contribution < 1.29 is 9.47 Å². The minimum Gasteiger partial charge on any atom is -0.350 e. The molecule has 2 fully saturated rings. The van der Waals surface area contributed by atoms with Gasteiger partial charge in [0.1, 0.15) is 0 Å². The molecule has 3 rings (SSSR count). The van der Waals surface area contributed by atoms with Crippen LogP contribution in [0, 0.1) is 5.41 Å². The Morgan fingerprint density at radius 2 is 1.70 bits per heavy atom. The fourth-order valence-corrected chi connectivity index (χ4v) is 4.27. The number of rotatable bonds is 6. The van der Waals surface area contributed by atoms with Crippen LogP contribution < -0.4 is 0 Å². The second kappa shape index (κ2) is 9.19. The summed E-state index contributed by atoms with van der Waals surface area (Å²) in [6.07, 6.45) is 9.58. The van der Waals surface area contributed by atoms with E-state index in [0.717, 1.165) is 36.9 Å². The van der Waals surface area contributed by atoms with Gasteiger partial charge in [0.2, 0.25) is 0 Å². The topological polar surface area (TPSA) is 30.8 Å². The first-order chi connectivity index (χ1) is 12.9. The lowest BCUT2D eigenvalue weighted by atomic mass is 9.80. The first-order valence-electron chi connectivity index (χ1n) is 10.5. The van der Waals surface area contributed by atoms with Gasteiger partial charge >= 0.3 is 0 Å². The molecule has 1 aromatic rings. The lowest BCUT2D eigenvalue weighted by molar-refractivity contribution is -0.286. The second-order valence-corrected chi connectivity index (χ2v) is 9.62. The highest BCUT2D eigenvalue weighted by molar-refractivity contribution is 9.10. The van der Waals surface area contributed by atoms with E-state index in [1.54, 1.807) is 0 Å². The molecule has 0 radical (unpaired) electrons. The largest absolute Gasteiger partial charge is 0.350 e. The summed E-state index contributed by atoms with van der Waals surface area (Å²) < 4.78 is 13.1. The average Bonchev–Trinajstić information content (AvgIpc) is 2.68. The standard InChI is InChI=1S/C23H34BrNO2/c1-4-23(16-26-22(2,3)27-17-23)15-14-21(18-10-12-19(24)13-11-18)25-20-8-6-5-7-9-20/h10-13,20H,4-9,14-17H2,1-3H3/b25-21-. The maximum absolute atomic E-state index is 6.01. The molecule has 0 bridgehead atoms. The van der Waals surface area contributed by atoms with Crippen LogP contribution >= 0.6 is 15.9 Å². The molecule has 0 N–H and O–H groups in total. The third kappa shape index (κ3) is 5.88. The fourth-order valence-electron chi connectivity index (χ4n) is 4.00. The molecule has 0 atom stereocenters. The molecule has 2 aliphatic rings. The van der Waals surface area contributed by atoms with Crippen molar-refractivity contribution in [2.45, 2.75) is 84.0 Å². The molecule has 1 heterocycles. The van der Waals surface area contributed by atoms with Gasteiger partial charge in [-0.3, -0.25) is 4.99 Å². The maximum atomic E-state index is 6.01. The quantitative estimate of drug-likeness (QED) is 0.475. The Hall–Kier alpha value is -0.710. The Morgan fingerprint density at radius 1 is 1.07 bits per heavy atom. The Balaban J connectivity index is 1.74. The van der Waals surface area contributed by atoms with Crippen molar-refractivity contribution in [1.29, 1.82) is 0 Å². The Kier molecular flexibility index (Phi) is 7.15. The van der Waals surface area contributed by atoms with Gasteiger partial charge in [-0.25, -0.2) is 0 Å². The maximum Gasteiger partial charge on any atom is 0.162 e. The van der Waals surface area contributed by atoms with Crippen LogP contribution in [-0.4, -0.2) is 30.8 Å². The van der Waals surface area contributed by atoms with Gasteiger partial charge in [0.25, 0.3) is 0 Å². The molecule has 4 heteroatoms. The van der Waals surface area contributed by atoms with Gasteiger partial charge in [0.15, 0.2) is 5.79 Å². The number of aliphatic imine (C=N–C) groups is 1. The molecule has 1 aliphatic heterocycles. The predicted molar refractivity (Wildman–Crippen MR) is 115 cm³/mol. The van der Waals surface area contributed by atoms with Gasteiger partial charge in [-0.2, -0.15) is 0 Å². The van der Waals surface area contributed by atoms with Gasteiger partial charge in [-0.1, -0.05) is 54.2 Å². The zero-order valence-electron chi connectivity index (χ0n) is 17.1. The van der Waals surface area contributed by atoms with E-state index in [0.29, 0.717) is 6.04 Å². The van der Waals surface area contributed by atoms with E-state index in [9.17, 15) is 0 Å². The zero-order valence-corrected chi connectivity index (χ0v) is 18.7. The summed E-state index contributed by atoms with van der Waals surface area (Å²) in [6.45, 7) is 7.80. The van der Waals surface area contributed by atoms with Crippen LogP contribution in [-0.2, 0) is 9.47 Å². The van der Waals surface area contributed by atoms with Crippen molar-refractivity contribution in [2.24, 2.45) is 10.4 Å². The first kappa shape index (κ1) is 21.0. The number of hydrogen-bond acceptors (Lipinski definition) is 3. The molecule has 27 heavy (non-hydrogen) atoms. The summed E-state index contributed by atoms with van der Waals surface area (Å²) in [5.74, 6) is -0.455. The average molecular weight is 436 g/mol. The van der Waals surface area contributed by atoms with Crippen molar-refractivity contribution in [3.63, 3.8) is 0 Å². The number of benzene rings is 1. The third-order valence-corrected chi connectivity index (χ3v) is 6.71. The van der Waals surface area contributed by atoms with Crippen LogP contribution in [0.4, 0.5) is 0 Å². The monoisotopic (exact) mass is 435 g/mol. The molecule has 0 spiro atoms. The summed E-state index contributed by atoms with van der Waals surface area (Å²) in [7, 11) is 0. The van der Waals surface area contributed by atoms with Crippen molar-refractivity contribution >= 4 is 21.6 Å². The first-order valence-corrected chi connectivity index (χ1v) is 11.3. The molecule has 0 aromatic heterocycles. The summed E-state index contributed by atoms with van der Waals surface area (Å²) in [5, 5.41) is 0. The van der Waals surface area contributed by atoms with Gasteiger partial charge in [0.05, 0.1) is 19.3 Å². The van der Waals surface area contributed by atoms with E-state index in [1.807, 2.05) is 13.8 Å². The molecule has 1 saturated heterocycles. The van der Waals surface area contributed by atoms with E-state index in [1.165, 1.54) is 43.4 Å². The molecular weight excluding hydrogens is 402 g/mol. The van der Waals surface area contributed by atoms with Crippen molar-refractivity contribution in [3.05, 3.63) is 34.3 Å². The van der Waals surface area contributed by atoms with E-state index >= 15 is 0 Å². The fraction of sp³-hybridized carbons (Fsp3) is 0.696. The highest BCUT2D eigenvalue weighted by Crippen LogP contribution is 2.37. The van der Waals surface area contributed by atoms with E-state index in [-0.39, 0.29) is 5.41 Å². The summed E-state index contributed by atoms with van der Waals surface area (Å²) in [6, 6.07) is 9.13. The number of hydrogen-bond donors (Lipinski definition) is 0. The normalized spacial score (nSPS) is 23.3. The molecular formula is C23H34BrNO2. The summed E-state index contributed by atoms with van der Waals surface area (Å²) in [4.78, 5) is 5.23. The van der Waals surface area contributed by atoms with Crippen LogP contribution in [0.2, 0.25) is 0 Å². The molecule has 1 saturated carbocycles. The highest BCUT2D eigenvalue weighted by atomic mass is 79.9. The Labute approximate surface area is 173 Å². The minimum atomic E-state index is -0.455. The van der Waals surface area contributed by atoms with Gasteiger partial charge in [0, 0.05) is 15.6 Å². The lowest BCUT2D eigenvalue weighted by Crippen LogP contribution is -2.46. The predicted octanol–water partition coefficient (Wildman–Crippen LogP) is 6.53. The Morgan fingerprint density at radius 3 is 2.30 bits per heavy atom. The van der Waals surface area contributed by atoms with Crippen molar-refractivity contribution in [3.8, 4) is 0 Å². The number of ether oxygens (including phenoxy) is 2. The van der Waals surface area contributed by atoms with Crippen LogP contribution in [0.1, 0.15) is 77.7 Å². The smallest absolute Gasteiger partial charge is 0.162 e. The molecule has 150 valence electrons. The highest BCUT2D eigenvalue weighted by Gasteiger charge is 2.38. The van der Waals surface area contributed by atoms with Crippen LogP contribution in [0.15, 0.2) is 33.7 Å². The van der Waals surface area contributed by atoms with Crippen LogP contribution in [0.25, 0.3) is 0 Å². The van der Waals surface area contributed by atoms with Crippen LogP contribution in [0.3, 0.4) is 0 Å². The minimum absolute atomic E-state index is 0.0955. The molecule has 1 aromatic carbocycles.